The minimum atomic E-state index is -2.66. The topological polar surface area (TPSA) is 50.4 Å². The van der Waals surface area contributed by atoms with Crippen LogP contribution in [0.3, 0.4) is 0 Å². The van der Waals surface area contributed by atoms with Crippen molar-refractivity contribution in [3.63, 3.8) is 0 Å². The third kappa shape index (κ3) is 3.99. The number of ether oxygens (including phenoxy) is 2. The molecule has 1 aromatic carbocycles. The highest BCUT2D eigenvalue weighted by Gasteiger charge is 2.43. The first-order valence-corrected chi connectivity index (χ1v) is 8.29. The van der Waals surface area contributed by atoms with Crippen LogP contribution in [0.5, 0.6) is 5.75 Å². The largest absolute Gasteiger partial charge is 0.497 e. The van der Waals surface area contributed by atoms with Crippen LogP contribution in [-0.4, -0.2) is 54.9 Å². The van der Waals surface area contributed by atoms with Gasteiger partial charge in [0.2, 0.25) is 0 Å². The van der Waals surface area contributed by atoms with Gasteiger partial charge in [0.25, 0.3) is 5.92 Å². The van der Waals surface area contributed by atoms with Crippen LogP contribution in [-0.2, 0) is 11.3 Å². The Morgan fingerprint density at radius 2 is 2.04 bits per heavy atom. The van der Waals surface area contributed by atoms with Crippen LogP contribution in [0.15, 0.2) is 30.5 Å². The molecule has 0 bridgehead atoms. The number of hydrogen-bond donors (Lipinski definition) is 1. The first-order valence-electron chi connectivity index (χ1n) is 8.29. The fraction of sp³-hybridized carbons (Fsp3) is 0.500. The number of likely N-dealkylation sites (tertiary alicyclic amines) is 1. The molecule has 1 unspecified atom stereocenters. The number of nitrogens with zero attached hydrogens (tertiary/aromatic N) is 2. The van der Waals surface area contributed by atoms with Crippen LogP contribution in [0, 0.1) is 5.92 Å². The first kappa shape index (κ1) is 17.8. The van der Waals surface area contributed by atoms with Gasteiger partial charge < -0.3 is 9.47 Å². The second kappa shape index (κ2) is 7.49. The van der Waals surface area contributed by atoms with Crippen molar-refractivity contribution < 1.29 is 18.3 Å². The quantitative estimate of drug-likeness (QED) is 0.868. The molecule has 1 saturated heterocycles. The van der Waals surface area contributed by atoms with E-state index < -0.39 is 11.8 Å². The van der Waals surface area contributed by atoms with Gasteiger partial charge in [-0.05, 0) is 24.3 Å². The van der Waals surface area contributed by atoms with Crippen molar-refractivity contribution in [1.29, 1.82) is 0 Å². The maximum absolute atomic E-state index is 14.0. The van der Waals surface area contributed by atoms with E-state index >= 15 is 0 Å². The molecule has 1 atom stereocenters. The molecule has 0 amide bonds. The van der Waals surface area contributed by atoms with Gasteiger partial charge in [0.1, 0.15) is 5.75 Å². The average Bonchev–Trinajstić information content (AvgIpc) is 3.06. The maximum Gasteiger partial charge on any atom is 0.255 e. The fourth-order valence-electron chi connectivity index (χ4n) is 3.25. The van der Waals surface area contributed by atoms with Crippen LogP contribution in [0.4, 0.5) is 8.78 Å². The molecule has 1 aliphatic rings. The van der Waals surface area contributed by atoms with E-state index in [-0.39, 0.29) is 13.0 Å². The highest BCUT2D eigenvalue weighted by Crippen LogP contribution is 2.34. The molecule has 0 spiro atoms. The van der Waals surface area contributed by atoms with E-state index in [1.54, 1.807) is 13.3 Å². The number of aromatic amines is 1. The molecule has 2 aromatic rings. The van der Waals surface area contributed by atoms with Gasteiger partial charge in [-0.25, -0.2) is 8.78 Å². The maximum atomic E-state index is 14.0. The van der Waals surface area contributed by atoms with Crippen molar-refractivity contribution in [2.24, 2.45) is 5.92 Å². The number of methoxy groups -OCH3 is 2. The third-order valence-electron chi connectivity index (χ3n) is 4.70. The molecular formula is C18H23F2N3O2. The lowest BCUT2D eigenvalue weighted by Gasteiger charge is -2.38. The molecule has 136 valence electrons. The minimum Gasteiger partial charge on any atom is -0.497 e. The number of hydrogen-bond acceptors (Lipinski definition) is 4. The molecule has 3 rings (SSSR count). The summed E-state index contributed by atoms with van der Waals surface area (Å²) in [6.07, 6.45) is 1.62. The summed E-state index contributed by atoms with van der Waals surface area (Å²) in [4.78, 5) is 2.04. The Bertz CT molecular complexity index is 688. The predicted octanol–water partition coefficient (Wildman–Crippen LogP) is 3.19. The smallest absolute Gasteiger partial charge is 0.255 e. The molecular weight excluding hydrogens is 328 g/mol. The van der Waals surface area contributed by atoms with Crippen LogP contribution in [0.25, 0.3) is 11.3 Å². The fourth-order valence-corrected chi connectivity index (χ4v) is 3.25. The summed E-state index contributed by atoms with van der Waals surface area (Å²) in [5.41, 5.74) is 2.89. The van der Waals surface area contributed by atoms with E-state index in [1.807, 2.05) is 29.2 Å². The van der Waals surface area contributed by atoms with Gasteiger partial charge in [0, 0.05) is 44.3 Å². The molecule has 1 fully saturated rings. The molecule has 7 heteroatoms. The highest BCUT2D eigenvalue weighted by atomic mass is 19.3. The van der Waals surface area contributed by atoms with Gasteiger partial charge in [-0.1, -0.05) is 0 Å². The number of halogens is 2. The molecule has 0 radical (unpaired) electrons. The van der Waals surface area contributed by atoms with Crippen molar-refractivity contribution in [3.8, 4) is 17.0 Å². The van der Waals surface area contributed by atoms with Gasteiger partial charge in [0.15, 0.2) is 0 Å². The highest BCUT2D eigenvalue weighted by molar-refractivity contribution is 5.63. The van der Waals surface area contributed by atoms with Crippen molar-refractivity contribution in [2.75, 3.05) is 33.9 Å². The molecule has 1 aromatic heterocycles. The van der Waals surface area contributed by atoms with Crippen LogP contribution < -0.4 is 4.74 Å². The number of rotatable bonds is 6. The molecule has 1 aliphatic heterocycles. The molecule has 0 aliphatic carbocycles. The van der Waals surface area contributed by atoms with E-state index in [1.165, 1.54) is 7.11 Å². The summed E-state index contributed by atoms with van der Waals surface area (Å²) < 4.78 is 38.1. The lowest BCUT2D eigenvalue weighted by atomic mass is 9.93. The van der Waals surface area contributed by atoms with Gasteiger partial charge in [-0.15, -0.1) is 0 Å². The summed E-state index contributed by atoms with van der Waals surface area (Å²) in [5, 5.41) is 7.15. The third-order valence-corrected chi connectivity index (χ3v) is 4.70. The van der Waals surface area contributed by atoms with Gasteiger partial charge in [-0.2, -0.15) is 5.10 Å². The zero-order valence-corrected chi connectivity index (χ0v) is 14.5. The Hall–Kier alpha value is -1.99. The lowest BCUT2D eigenvalue weighted by Crippen LogP contribution is -2.48. The predicted molar refractivity (Wildman–Crippen MR) is 90.8 cm³/mol. The SMILES string of the molecule is COCC1CN(Cc2cn[nH]c2-c2ccc(OC)cc2)CCC1(F)F. The zero-order chi connectivity index (χ0) is 17.9. The lowest BCUT2D eigenvalue weighted by molar-refractivity contribution is -0.125. The summed E-state index contributed by atoms with van der Waals surface area (Å²) in [6.45, 7) is 1.32. The zero-order valence-electron chi connectivity index (χ0n) is 14.5. The molecule has 0 saturated carbocycles. The van der Waals surface area contributed by atoms with E-state index in [9.17, 15) is 8.78 Å². The summed E-state index contributed by atoms with van der Waals surface area (Å²) in [5.74, 6) is -2.66. The Kier molecular flexibility index (Phi) is 5.34. The molecule has 1 N–H and O–H groups in total. The van der Waals surface area contributed by atoms with E-state index in [2.05, 4.69) is 10.2 Å². The van der Waals surface area contributed by atoms with Crippen LogP contribution >= 0.6 is 0 Å². The first-order chi connectivity index (χ1) is 12.0. The normalized spacial score (nSPS) is 20.6. The minimum absolute atomic E-state index is 0.0697. The Morgan fingerprint density at radius 1 is 1.28 bits per heavy atom. The average molecular weight is 351 g/mol. The number of aromatic nitrogens is 2. The Labute approximate surface area is 145 Å². The van der Waals surface area contributed by atoms with Gasteiger partial charge in [-0.3, -0.25) is 10.00 Å². The Morgan fingerprint density at radius 3 is 2.72 bits per heavy atom. The van der Waals surface area contributed by atoms with Crippen LogP contribution in [0.2, 0.25) is 0 Å². The summed E-state index contributed by atoms with van der Waals surface area (Å²) >= 11 is 0. The monoisotopic (exact) mass is 351 g/mol. The number of nitrogens with one attached hydrogen (secondary N) is 1. The summed E-state index contributed by atoms with van der Waals surface area (Å²) in [7, 11) is 3.09. The summed E-state index contributed by atoms with van der Waals surface area (Å²) in [6, 6.07) is 7.67. The molecule has 25 heavy (non-hydrogen) atoms. The Balaban J connectivity index is 1.72. The van der Waals surface area contributed by atoms with Crippen molar-refractivity contribution in [1.82, 2.24) is 15.1 Å². The van der Waals surface area contributed by atoms with Gasteiger partial charge >= 0.3 is 0 Å². The van der Waals surface area contributed by atoms with Crippen LogP contribution in [0.1, 0.15) is 12.0 Å². The number of piperidine rings is 1. The number of H-pyrrole nitrogens is 1. The molecule has 2 heterocycles. The van der Waals surface area contributed by atoms with E-state index in [4.69, 9.17) is 9.47 Å². The van der Waals surface area contributed by atoms with E-state index in [0.717, 1.165) is 22.6 Å². The van der Waals surface area contributed by atoms with Crippen molar-refractivity contribution in [2.45, 2.75) is 18.9 Å². The van der Waals surface area contributed by atoms with E-state index in [0.29, 0.717) is 19.6 Å². The van der Waals surface area contributed by atoms with Crippen molar-refractivity contribution >= 4 is 0 Å². The number of alkyl halides is 2. The second-order valence-electron chi connectivity index (χ2n) is 6.40. The standard InChI is InChI=1S/C18H23F2N3O2/c1-24-12-15-11-23(8-7-18(15,19)20)10-14-9-21-22-17(14)13-3-5-16(25-2)6-4-13/h3-6,9,15H,7-8,10-12H2,1-2H3,(H,21,22). The second-order valence-corrected chi connectivity index (χ2v) is 6.40. The number of benzene rings is 1. The van der Waals surface area contributed by atoms with Crippen molar-refractivity contribution in [3.05, 3.63) is 36.0 Å². The molecule has 5 nitrogen and oxygen atoms in total. The van der Waals surface area contributed by atoms with Gasteiger partial charge in [0.05, 0.1) is 31.5 Å².